The molecular formula is C24H25NO2. The maximum absolute atomic E-state index is 12.6. The fourth-order valence-electron chi connectivity index (χ4n) is 3.58. The Bertz CT molecular complexity index is 998. The molecule has 0 amide bonds. The van der Waals surface area contributed by atoms with Gasteiger partial charge in [0.25, 0.3) is 0 Å². The highest BCUT2D eigenvalue weighted by molar-refractivity contribution is 6.15. The summed E-state index contributed by atoms with van der Waals surface area (Å²) >= 11 is 0. The second-order valence-electron chi connectivity index (χ2n) is 7.00. The fourth-order valence-corrected chi connectivity index (χ4v) is 3.58. The molecule has 0 radical (unpaired) electrons. The molecule has 0 bridgehead atoms. The van der Waals surface area contributed by atoms with Crippen LogP contribution in [-0.2, 0) is 9.53 Å². The summed E-state index contributed by atoms with van der Waals surface area (Å²) in [6.07, 6.45) is 6.32. The first kappa shape index (κ1) is 18.9. The van der Waals surface area contributed by atoms with Gasteiger partial charge in [0.05, 0.1) is 6.61 Å². The average molecular weight is 359 g/mol. The van der Waals surface area contributed by atoms with E-state index in [2.05, 4.69) is 26.0 Å². The minimum Gasteiger partial charge on any atom is -0.461 e. The Kier molecular flexibility index (Phi) is 6.08. The molecule has 0 N–H and O–H groups in total. The Morgan fingerprint density at radius 1 is 1.11 bits per heavy atom. The summed E-state index contributed by atoms with van der Waals surface area (Å²) in [5.41, 5.74) is 3.38. The third-order valence-electron chi connectivity index (χ3n) is 5.24. The van der Waals surface area contributed by atoms with Crippen LogP contribution in [0.2, 0.25) is 0 Å². The van der Waals surface area contributed by atoms with Crippen molar-refractivity contribution < 1.29 is 9.53 Å². The van der Waals surface area contributed by atoms with Crippen molar-refractivity contribution in [1.29, 1.82) is 5.26 Å². The third-order valence-corrected chi connectivity index (χ3v) is 5.24. The van der Waals surface area contributed by atoms with Gasteiger partial charge in [-0.25, -0.2) is 4.79 Å². The lowest BCUT2D eigenvalue weighted by Crippen LogP contribution is -2.30. The molecule has 2 aromatic carbocycles. The number of fused-ring (bicyclic) bond motifs is 3. The molecule has 0 spiro atoms. The zero-order valence-corrected chi connectivity index (χ0v) is 16.0. The molecule has 1 atom stereocenters. The molecule has 0 heterocycles. The first-order valence-corrected chi connectivity index (χ1v) is 9.71. The van der Waals surface area contributed by atoms with Gasteiger partial charge in [-0.1, -0.05) is 75.6 Å². The highest BCUT2D eigenvalue weighted by atomic mass is 16.5. The zero-order valence-electron chi connectivity index (χ0n) is 16.0. The van der Waals surface area contributed by atoms with Crippen molar-refractivity contribution in [3.63, 3.8) is 0 Å². The van der Waals surface area contributed by atoms with Gasteiger partial charge in [0, 0.05) is 5.22 Å². The lowest BCUT2D eigenvalue weighted by Gasteiger charge is -2.14. The van der Waals surface area contributed by atoms with Gasteiger partial charge >= 0.3 is 5.97 Å². The van der Waals surface area contributed by atoms with Crippen LogP contribution < -0.4 is 10.4 Å². The van der Waals surface area contributed by atoms with Gasteiger partial charge in [-0.2, -0.15) is 5.26 Å². The van der Waals surface area contributed by atoms with E-state index in [1.165, 1.54) is 0 Å². The maximum Gasteiger partial charge on any atom is 0.349 e. The topological polar surface area (TPSA) is 50.1 Å². The monoisotopic (exact) mass is 359 g/mol. The Balaban J connectivity index is 1.93. The molecule has 0 saturated heterocycles. The molecule has 0 fully saturated rings. The molecule has 1 unspecified atom stereocenters. The van der Waals surface area contributed by atoms with Crippen molar-refractivity contribution in [3.05, 3.63) is 58.5 Å². The molecule has 0 saturated carbocycles. The number of rotatable bonds is 7. The first-order valence-electron chi connectivity index (χ1n) is 9.71. The summed E-state index contributed by atoms with van der Waals surface area (Å²) in [6, 6.07) is 15.9. The molecular weight excluding hydrogens is 334 g/mol. The highest BCUT2D eigenvalue weighted by Gasteiger charge is 2.18. The van der Waals surface area contributed by atoms with Gasteiger partial charge < -0.3 is 4.74 Å². The van der Waals surface area contributed by atoms with Crippen LogP contribution in [0.4, 0.5) is 0 Å². The number of hydrogen-bond acceptors (Lipinski definition) is 3. The summed E-state index contributed by atoms with van der Waals surface area (Å²) in [6.45, 7) is 4.64. The molecule has 2 aromatic rings. The third kappa shape index (κ3) is 3.95. The molecule has 0 aliphatic heterocycles. The van der Waals surface area contributed by atoms with E-state index in [0.29, 0.717) is 17.7 Å². The van der Waals surface area contributed by atoms with E-state index in [-0.39, 0.29) is 5.57 Å². The van der Waals surface area contributed by atoms with E-state index in [1.807, 2.05) is 42.5 Å². The predicted molar refractivity (Wildman–Crippen MR) is 108 cm³/mol. The minimum atomic E-state index is -0.523. The second-order valence-corrected chi connectivity index (χ2v) is 7.00. The number of esters is 1. The molecule has 27 heavy (non-hydrogen) atoms. The average Bonchev–Trinajstić information content (AvgIpc) is 3.08. The highest BCUT2D eigenvalue weighted by Crippen LogP contribution is 2.25. The number of ether oxygens (including phenoxy) is 1. The largest absolute Gasteiger partial charge is 0.461 e. The van der Waals surface area contributed by atoms with Crippen molar-refractivity contribution >= 4 is 17.6 Å². The summed E-state index contributed by atoms with van der Waals surface area (Å²) in [5, 5.41) is 11.2. The number of unbranched alkanes of at least 4 members (excludes halogenated alkanes) is 1. The van der Waals surface area contributed by atoms with Crippen LogP contribution >= 0.6 is 0 Å². The lowest BCUT2D eigenvalue weighted by molar-refractivity contribution is -0.138. The summed E-state index contributed by atoms with van der Waals surface area (Å²) in [7, 11) is 0. The molecule has 138 valence electrons. The molecule has 3 heteroatoms. The van der Waals surface area contributed by atoms with Gasteiger partial charge in [0.1, 0.15) is 11.6 Å². The normalized spacial score (nSPS) is 13.7. The van der Waals surface area contributed by atoms with Gasteiger partial charge in [-0.3, -0.25) is 0 Å². The minimum absolute atomic E-state index is 0.0845. The van der Waals surface area contributed by atoms with E-state index >= 15 is 0 Å². The summed E-state index contributed by atoms with van der Waals surface area (Å²) < 4.78 is 5.52. The van der Waals surface area contributed by atoms with Crippen molar-refractivity contribution in [3.8, 4) is 17.2 Å². The van der Waals surface area contributed by atoms with Gasteiger partial charge in [0.2, 0.25) is 0 Å². The van der Waals surface area contributed by atoms with Crippen LogP contribution in [-0.4, -0.2) is 12.6 Å². The van der Waals surface area contributed by atoms with Crippen LogP contribution in [0.5, 0.6) is 0 Å². The standard InChI is InChI=1S/C24H25NO2/c1-3-5-9-17(4-2)16-27-24(26)23(15-25)21-13-8-12-20-19-11-7-6-10-18(19)14-22(20)21/h6-8,10-14,17H,3-5,9,16H2,1-2H3/b23-21-. The SMILES string of the molecule is CCCCC(CC)COC(=O)/C(C#N)=c1/cccc2c1=Cc1ccccc1-2. The Hall–Kier alpha value is -2.86. The number of carbonyl (C=O) groups excluding carboxylic acids is 1. The van der Waals surface area contributed by atoms with Crippen LogP contribution in [0.25, 0.3) is 22.8 Å². The molecule has 3 rings (SSSR count). The van der Waals surface area contributed by atoms with Crippen LogP contribution in [0, 0.1) is 17.2 Å². The van der Waals surface area contributed by atoms with E-state index in [9.17, 15) is 10.1 Å². The van der Waals surface area contributed by atoms with Crippen molar-refractivity contribution in [1.82, 2.24) is 0 Å². The molecule has 3 nitrogen and oxygen atoms in total. The Labute approximate surface area is 160 Å². The molecule has 1 aliphatic rings. The molecule has 1 aliphatic carbocycles. The van der Waals surface area contributed by atoms with Crippen molar-refractivity contribution in [2.45, 2.75) is 39.5 Å². The number of benzene rings is 2. The number of nitriles is 1. The molecule has 0 aromatic heterocycles. The zero-order chi connectivity index (χ0) is 19.2. The number of hydrogen-bond donors (Lipinski definition) is 0. The van der Waals surface area contributed by atoms with E-state index in [1.54, 1.807) is 0 Å². The van der Waals surface area contributed by atoms with Crippen LogP contribution in [0.1, 0.15) is 45.1 Å². The Morgan fingerprint density at radius 3 is 2.63 bits per heavy atom. The van der Waals surface area contributed by atoms with Crippen LogP contribution in [0.15, 0.2) is 42.5 Å². The maximum atomic E-state index is 12.6. The van der Waals surface area contributed by atoms with Crippen molar-refractivity contribution in [2.75, 3.05) is 6.61 Å². The number of nitrogens with zero attached hydrogens (tertiary/aromatic N) is 1. The smallest absolute Gasteiger partial charge is 0.349 e. The summed E-state index contributed by atoms with van der Waals surface area (Å²) in [4.78, 5) is 12.6. The quantitative estimate of drug-likeness (QED) is 0.601. The first-order chi connectivity index (χ1) is 13.2. The van der Waals surface area contributed by atoms with E-state index in [4.69, 9.17) is 4.74 Å². The predicted octanol–water partition coefficient (Wildman–Crippen LogP) is 3.93. The van der Waals surface area contributed by atoms with Crippen LogP contribution in [0.3, 0.4) is 0 Å². The van der Waals surface area contributed by atoms with Gasteiger partial charge in [0.15, 0.2) is 0 Å². The van der Waals surface area contributed by atoms with Gasteiger partial charge in [-0.15, -0.1) is 0 Å². The van der Waals surface area contributed by atoms with E-state index in [0.717, 1.165) is 47.6 Å². The Morgan fingerprint density at radius 2 is 1.89 bits per heavy atom. The van der Waals surface area contributed by atoms with E-state index < -0.39 is 5.97 Å². The van der Waals surface area contributed by atoms with Crippen molar-refractivity contribution in [2.24, 2.45) is 5.92 Å². The second kappa shape index (κ2) is 8.68. The van der Waals surface area contributed by atoms with Gasteiger partial charge in [-0.05, 0) is 40.3 Å². The number of carbonyl (C=O) groups is 1. The fraction of sp³-hybridized carbons (Fsp3) is 0.333. The summed E-state index contributed by atoms with van der Waals surface area (Å²) in [5.74, 6) is -0.170. The lowest BCUT2D eigenvalue weighted by atomic mass is 10.0.